The van der Waals surface area contributed by atoms with Gasteiger partial charge in [0.25, 0.3) is 0 Å². The third-order valence-electron chi connectivity index (χ3n) is 7.73. The fraction of sp³-hybridized carbons (Fsp3) is 0.300. The van der Waals surface area contributed by atoms with Crippen LogP contribution in [0.15, 0.2) is 59.8 Å². The van der Waals surface area contributed by atoms with Crippen molar-refractivity contribution in [2.75, 3.05) is 18.0 Å². The van der Waals surface area contributed by atoms with Crippen molar-refractivity contribution >= 4 is 27.8 Å². The highest BCUT2D eigenvalue weighted by atomic mass is 16.3. The van der Waals surface area contributed by atoms with E-state index >= 15 is 0 Å². The van der Waals surface area contributed by atoms with Crippen LogP contribution in [0.25, 0.3) is 38.8 Å². The number of aliphatic hydroxyl groups excluding tert-OH is 1. The van der Waals surface area contributed by atoms with E-state index in [-0.39, 0.29) is 11.8 Å². The average Bonchev–Trinajstić information content (AvgIpc) is 3.49. The van der Waals surface area contributed by atoms with E-state index < -0.39 is 5.41 Å². The van der Waals surface area contributed by atoms with Gasteiger partial charge in [-0.25, -0.2) is 9.78 Å². The van der Waals surface area contributed by atoms with Crippen LogP contribution in [-0.2, 0) is 12.5 Å². The van der Waals surface area contributed by atoms with Crippen molar-refractivity contribution in [3.05, 3.63) is 76.7 Å². The van der Waals surface area contributed by atoms with Crippen LogP contribution in [0.2, 0.25) is 0 Å². The standard InChI is InChI=1S/C30H29N7O2/c1-18-25(7-8-27(34-18)36-10-9-22(38)16-36)37-28-23-12-19(20-11-21(14-32-13-20)30(2,3)17-31)5-6-24(23)33-15-26(28)35(4)29(37)39/h5-8,11-15,22,38H,9-10,16H2,1-4H3. The zero-order chi connectivity index (χ0) is 27.5. The second kappa shape index (κ2) is 9.03. The number of anilines is 1. The van der Waals surface area contributed by atoms with Gasteiger partial charge < -0.3 is 10.0 Å². The summed E-state index contributed by atoms with van der Waals surface area (Å²) < 4.78 is 3.32. The summed E-state index contributed by atoms with van der Waals surface area (Å²) in [6.07, 6.45) is 5.62. The molecule has 1 N–H and O–H groups in total. The highest BCUT2D eigenvalue weighted by Crippen LogP contribution is 2.32. The zero-order valence-electron chi connectivity index (χ0n) is 22.4. The fourth-order valence-electron chi connectivity index (χ4n) is 5.31. The molecule has 1 aliphatic heterocycles. The molecule has 0 saturated carbocycles. The second-order valence-electron chi connectivity index (χ2n) is 10.8. The number of fused-ring (bicyclic) bond motifs is 3. The predicted octanol–water partition coefficient (Wildman–Crippen LogP) is 4.02. The summed E-state index contributed by atoms with van der Waals surface area (Å²) >= 11 is 0. The lowest BCUT2D eigenvalue weighted by Gasteiger charge is -2.18. The molecule has 1 saturated heterocycles. The van der Waals surface area contributed by atoms with Crippen molar-refractivity contribution in [3.63, 3.8) is 0 Å². The summed E-state index contributed by atoms with van der Waals surface area (Å²) in [4.78, 5) is 29.5. The molecule has 5 aromatic rings. The Morgan fingerprint density at radius 1 is 1.10 bits per heavy atom. The van der Waals surface area contributed by atoms with Crippen LogP contribution in [0.5, 0.6) is 0 Å². The Morgan fingerprint density at radius 2 is 1.92 bits per heavy atom. The first-order valence-electron chi connectivity index (χ1n) is 13.0. The number of aromatic nitrogens is 5. The third kappa shape index (κ3) is 4.04. The molecule has 4 aromatic heterocycles. The number of pyridine rings is 3. The number of hydrogen-bond acceptors (Lipinski definition) is 7. The second-order valence-corrected chi connectivity index (χ2v) is 10.8. The van der Waals surface area contributed by atoms with Gasteiger partial charge >= 0.3 is 5.69 Å². The van der Waals surface area contributed by atoms with Crippen LogP contribution in [-0.4, -0.2) is 48.4 Å². The van der Waals surface area contributed by atoms with Crippen molar-refractivity contribution in [1.29, 1.82) is 5.26 Å². The quantitative estimate of drug-likeness (QED) is 0.382. The summed E-state index contributed by atoms with van der Waals surface area (Å²) in [5, 5.41) is 20.4. The van der Waals surface area contributed by atoms with E-state index in [9.17, 15) is 15.2 Å². The highest BCUT2D eigenvalue weighted by molar-refractivity contribution is 6.04. The Morgan fingerprint density at radius 3 is 2.64 bits per heavy atom. The highest BCUT2D eigenvalue weighted by Gasteiger charge is 2.24. The summed E-state index contributed by atoms with van der Waals surface area (Å²) in [7, 11) is 1.75. The number of aryl methyl sites for hydroxylation is 2. The van der Waals surface area contributed by atoms with E-state index in [1.165, 1.54) is 0 Å². The minimum atomic E-state index is -0.668. The van der Waals surface area contributed by atoms with Crippen LogP contribution in [0.1, 0.15) is 31.5 Å². The third-order valence-corrected chi connectivity index (χ3v) is 7.73. The van der Waals surface area contributed by atoms with E-state index in [2.05, 4.69) is 20.9 Å². The van der Waals surface area contributed by atoms with Crippen LogP contribution in [0.4, 0.5) is 5.82 Å². The molecule has 39 heavy (non-hydrogen) atoms. The molecule has 6 rings (SSSR count). The lowest BCUT2D eigenvalue weighted by molar-refractivity contribution is 0.198. The van der Waals surface area contributed by atoms with Gasteiger partial charge in [0.15, 0.2) is 0 Å². The molecule has 196 valence electrons. The van der Waals surface area contributed by atoms with Gasteiger partial charge in [0.05, 0.1) is 51.7 Å². The fourth-order valence-corrected chi connectivity index (χ4v) is 5.31. The smallest absolute Gasteiger partial charge is 0.333 e. The van der Waals surface area contributed by atoms with Gasteiger partial charge in [0, 0.05) is 43.5 Å². The van der Waals surface area contributed by atoms with Crippen molar-refractivity contribution < 1.29 is 5.11 Å². The number of hydrogen-bond donors (Lipinski definition) is 1. The van der Waals surface area contributed by atoms with Gasteiger partial charge in [-0.15, -0.1) is 0 Å². The molecular weight excluding hydrogens is 490 g/mol. The van der Waals surface area contributed by atoms with Gasteiger partial charge in [-0.05, 0) is 68.7 Å². The largest absolute Gasteiger partial charge is 0.391 e. The van der Waals surface area contributed by atoms with E-state index in [0.717, 1.165) is 57.6 Å². The van der Waals surface area contributed by atoms with Crippen LogP contribution in [0.3, 0.4) is 0 Å². The maximum absolute atomic E-state index is 13.6. The Bertz CT molecular complexity index is 1860. The Kier molecular flexibility index (Phi) is 5.74. The van der Waals surface area contributed by atoms with Gasteiger partial charge in [-0.2, -0.15) is 5.26 Å². The molecule has 0 radical (unpaired) electrons. The van der Waals surface area contributed by atoms with Crippen LogP contribution in [0, 0.1) is 18.3 Å². The monoisotopic (exact) mass is 519 g/mol. The van der Waals surface area contributed by atoms with E-state index in [1.807, 2.05) is 57.2 Å². The van der Waals surface area contributed by atoms with Crippen molar-refractivity contribution in [1.82, 2.24) is 24.1 Å². The number of rotatable bonds is 4. The summed E-state index contributed by atoms with van der Waals surface area (Å²) in [5.41, 5.74) is 5.44. The summed E-state index contributed by atoms with van der Waals surface area (Å²) in [6.45, 7) is 6.96. The predicted molar refractivity (Wildman–Crippen MR) is 151 cm³/mol. The van der Waals surface area contributed by atoms with Gasteiger partial charge in [-0.3, -0.25) is 19.1 Å². The molecule has 0 amide bonds. The van der Waals surface area contributed by atoms with Crippen molar-refractivity contribution in [2.24, 2.45) is 7.05 Å². The number of imidazole rings is 1. The average molecular weight is 520 g/mol. The molecule has 9 heteroatoms. The van der Waals surface area contributed by atoms with E-state index in [4.69, 9.17) is 4.98 Å². The van der Waals surface area contributed by atoms with Crippen molar-refractivity contribution in [2.45, 2.75) is 38.7 Å². The first kappa shape index (κ1) is 24.8. The Hall–Kier alpha value is -4.55. The topological polar surface area (TPSA) is 113 Å². The normalized spacial score (nSPS) is 15.8. The van der Waals surface area contributed by atoms with E-state index in [0.29, 0.717) is 17.7 Å². The lowest BCUT2D eigenvalue weighted by atomic mass is 9.86. The molecule has 0 spiro atoms. The van der Waals surface area contributed by atoms with Crippen LogP contribution >= 0.6 is 0 Å². The number of nitrogens with zero attached hydrogens (tertiary/aromatic N) is 7. The molecule has 5 heterocycles. The van der Waals surface area contributed by atoms with Crippen molar-refractivity contribution in [3.8, 4) is 22.9 Å². The Labute approximate surface area is 225 Å². The molecule has 1 aromatic carbocycles. The minimum Gasteiger partial charge on any atom is -0.391 e. The van der Waals surface area contributed by atoms with Gasteiger partial charge in [-0.1, -0.05) is 6.07 Å². The number of aliphatic hydroxyl groups is 1. The number of nitriles is 1. The molecule has 1 aliphatic rings. The Balaban J connectivity index is 1.54. The maximum Gasteiger partial charge on any atom is 0.333 e. The summed E-state index contributed by atoms with van der Waals surface area (Å²) in [5.74, 6) is 0.794. The molecule has 1 unspecified atom stereocenters. The number of β-amino-alcohol motifs (C(OH)–C–C–N with tert-alkyl or cyclic N) is 1. The zero-order valence-corrected chi connectivity index (χ0v) is 22.4. The molecule has 0 aliphatic carbocycles. The SMILES string of the molecule is Cc1nc(N2CCC(O)C2)ccc1-n1c(=O)n(C)c2cnc3ccc(-c4cncc(C(C)(C)C#N)c4)cc3c21. The number of benzene rings is 1. The molecule has 1 fully saturated rings. The van der Waals surface area contributed by atoms with Gasteiger partial charge in [0.1, 0.15) is 5.82 Å². The molecule has 9 nitrogen and oxygen atoms in total. The molecule has 0 bridgehead atoms. The first-order chi connectivity index (χ1) is 18.7. The molecule has 1 atom stereocenters. The van der Waals surface area contributed by atoms with Gasteiger partial charge in [0.2, 0.25) is 0 Å². The van der Waals surface area contributed by atoms with E-state index in [1.54, 1.807) is 34.8 Å². The molecular formula is C30H29N7O2. The van der Waals surface area contributed by atoms with Crippen LogP contribution < -0.4 is 10.6 Å². The minimum absolute atomic E-state index is 0.182. The maximum atomic E-state index is 13.6. The lowest BCUT2D eigenvalue weighted by Crippen LogP contribution is -2.24. The summed E-state index contributed by atoms with van der Waals surface area (Å²) in [6, 6.07) is 14.1. The first-order valence-corrected chi connectivity index (χ1v) is 13.0.